The van der Waals surface area contributed by atoms with E-state index in [0.29, 0.717) is 24.1 Å². The molecule has 0 aliphatic carbocycles. The lowest BCUT2D eigenvalue weighted by molar-refractivity contribution is 0.333. The largest absolute Gasteiger partial charge is 0.338 e. The van der Waals surface area contributed by atoms with Crippen molar-refractivity contribution in [3.63, 3.8) is 0 Å². The van der Waals surface area contributed by atoms with Gasteiger partial charge in [-0.1, -0.05) is 43.3 Å². The highest BCUT2D eigenvalue weighted by Crippen LogP contribution is 2.18. The van der Waals surface area contributed by atoms with Crippen LogP contribution in [0, 0.1) is 12.8 Å². The zero-order chi connectivity index (χ0) is 13.8. The topological polar surface area (TPSA) is 64.9 Å². The fraction of sp³-hybridized carbons (Fsp3) is 0.467. The number of nitrogens with two attached hydrogens (primary N) is 1. The van der Waals surface area contributed by atoms with Crippen LogP contribution in [0.2, 0.25) is 0 Å². The molecule has 0 spiro atoms. The number of aryl methyl sites for hydroxylation is 1. The van der Waals surface area contributed by atoms with Crippen LogP contribution in [0.1, 0.15) is 49.2 Å². The van der Waals surface area contributed by atoms with Crippen molar-refractivity contribution in [2.24, 2.45) is 11.7 Å². The first-order chi connectivity index (χ1) is 9.06. The molecule has 0 saturated carbocycles. The number of nitrogens with zero attached hydrogens (tertiary/aromatic N) is 2. The van der Waals surface area contributed by atoms with Crippen molar-refractivity contribution in [3.05, 3.63) is 47.1 Å². The van der Waals surface area contributed by atoms with Crippen LogP contribution in [0.25, 0.3) is 0 Å². The second-order valence-electron chi connectivity index (χ2n) is 5.39. The maximum absolute atomic E-state index is 6.04. The molecule has 0 saturated heterocycles. The minimum Gasteiger partial charge on any atom is -0.338 e. The number of rotatable bonds is 5. The SMILES string of the molecule is Cc1ccccc1Cc1noc(C(N)CC(C)C)n1. The Balaban J connectivity index is 2.07. The van der Waals surface area contributed by atoms with Gasteiger partial charge in [-0.2, -0.15) is 4.98 Å². The molecule has 1 aromatic carbocycles. The van der Waals surface area contributed by atoms with Gasteiger partial charge in [-0.05, 0) is 30.4 Å². The van der Waals surface area contributed by atoms with Crippen LogP contribution in [0.5, 0.6) is 0 Å². The summed E-state index contributed by atoms with van der Waals surface area (Å²) in [6, 6.07) is 8.05. The standard InChI is InChI=1S/C15H21N3O/c1-10(2)8-13(16)15-17-14(18-19-15)9-12-7-5-4-6-11(12)3/h4-7,10,13H,8-9,16H2,1-3H3. The second kappa shape index (κ2) is 5.97. The molecule has 1 unspecified atom stereocenters. The van der Waals surface area contributed by atoms with E-state index >= 15 is 0 Å². The van der Waals surface area contributed by atoms with E-state index in [0.717, 1.165) is 6.42 Å². The van der Waals surface area contributed by atoms with E-state index in [1.165, 1.54) is 11.1 Å². The highest BCUT2D eigenvalue weighted by atomic mass is 16.5. The smallest absolute Gasteiger partial charge is 0.243 e. The molecule has 0 aliphatic heterocycles. The summed E-state index contributed by atoms with van der Waals surface area (Å²) in [7, 11) is 0. The van der Waals surface area contributed by atoms with Gasteiger partial charge in [-0.3, -0.25) is 0 Å². The van der Waals surface area contributed by atoms with Gasteiger partial charge in [0.25, 0.3) is 0 Å². The van der Waals surface area contributed by atoms with Crippen LogP contribution < -0.4 is 5.73 Å². The highest BCUT2D eigenvalue weighted by molar-refractivity contribution is 5.28. The van der Waals surface area contributed by atoms with E-state index in [9.17, 15) is 0 Å². The molecule has 1 aromatic heterocycles. The molecule has 4 nitrogen and oxygen atoms in total. The Kier molecular flexibility index (Phi) is 4.32. The summed E-state index contributed by atoms with van der Waals surface area (Å²) < 4.78 is 5.25. The fourth-order valence-electron chi connectivity index (χ4n) is 2.08. The summed E-state index contributed by atoms with van der Waals surface area (Å²) in [6.45, 7) is 6.34. The van der Waals surface area contributed by atoms with E-state index in [1.807, 2.05) is 12.1 Å². The van der Waals surface area contributed by atoms with Crippen molar-refractivity contribution < 1.29 is 4.52 Å². The maximum atomic E-state index is 6.04. The van der Waals surface area contributed by atoms with Gasteiger partial charge in [0.2, 0.25) is 5.89 Å². The van der Waals surface area contributed by atoms with Crippen molar-refractivity contribution in [1.29, 1.82) is 0 Å². The van der Waals surface area contributed by atoms with Gasteiger partial charge in [0.1, 0.15) is 0 Å². The van der Waals surface area contributed by atoms with Gasteiger partial charge >= 0.3 is 0 Å². The molecule has 1 atom stereocenters. The lowest BCUT2D eigenvalue weighted by Crippen LogP contribution is -2.13. The van der Waals surface area contributed by atoms with Crippen LogP contribution in [0.3, 0.4) is 0 Å². The number of aromatic nitrogens is 2. The molecule has 2 aromatic rings. The molecule has 0 amide bonds. The molecule has 2 N–H and O–H groups in total. The Morgan fingerprint density at radius 2 is 2.00 bits per heavy atom. The van der Waals surface area contributed by atoms with Crippen molar-refractivity contribution in [2.75, 3.05) is 0 Å². The molecule has 0 aliphatic rings. The van der Waals surface area contributed by atoms with Gasteiger partial charge in [0.05, 0.1) is 6.04 Å². The van der Waals surface area contributed by atoms with Gasteiger partial charge in [-0.25, -0.2) is 0 Å². The molecular formula is C15H21N3O. The average Bonchev–Trinajstić information content (AvgIpc) is 2.80. The lowest BCUT2D eigenvalue weighted by atomic mass is 10.0. The van der Waals surface area contributed by atoms with Crippen LogP contribution in [-0.2, 0) is 6.42 Å². The minimum absolute atomic E-state index is 0.168. The first-order valence-electron chi connectivity index (χ1n) is 6.69. The molecule has 1 heterocycles. The number of benzene rings is 1. The average molecular weight is 259 g/mol. The van der Waals surface area contributed by atoms with E-state index in [2.05, 4.69) is 43.0 Å². The van der Waals surface area contributed by atoms with Crippen LogP contribution in [0.4, 0.5) is 0 Å². The summed E-state index contributed by atoms with van der Waals surface area (Å²) in [5.41, 5.74) is 8.49. The molecule has 2 rings (SSSR count). The number of hydrogen-bond acceptors (Lipinski definition) is 4. The molecule has 19 heavy (non-hydrogen) atoms. The lowest BCUT2D eigenvalue weighted by Gasteiger charge is -2.08. The van der Waals surface area contributed by atoms with Gasteiger partial charge in [0.15, 0.2) is 5.82 Å². The quantitative estimate of drug-likeness (QED) is 0.896. The highest BCUT2D eigenvalue weighted by Gasteiger charge is 2.16. The summed E-state index contributed by atoms with van der Waals surface area (Å²) in [4.78, 5) is 4.40. The zero-order valence-electron chi connectivity index (χ0n) is 11.8. The Morgan fingerprint density at radius 3 is 2.68 bits per heavy atom. The first kappa shape index (κ1) is 13.7. The van der Waals surface area contributed by atoms with Crippen molar-refractivity contribution >= 4 is 0 Å². The first-order valence-corrected chi connectivity index (χ1v) is 6.69. The number of hydrogen-bond donors (Lipinski definition) is 1. The molecule has 102 valence electrons. The van der Waals surface area contributed by atoms with Crippen LogP contribution in [-0.4, -0.2) is 10.1 Å². The van der Waals surface area contributed by atoms with Gasteiger partial charge in [-0.15, -0.1) is 0 Å². The van der Waals surface area contributed by atoms with Crippen molar-refractivity contribution in [3.8, 4) is 0 Å². The summed E-state index contributed by atoms with van der Waals surface area (Å²) in [5, 5.41) is 4.01. The van der Waals surface area contributed by atoms with E-state index < -0.39 is 0 Å². The molecular weight excluding hydrogens is 238 g/mol. The fourth-order valence-corrected chi connectivity index (χ4v) is 2.08. The predicted molar refractivity (Wildman–Crippen MR) is 74.7 cm³/mol. The van der Waals surface area contributed by atoms with E-state index in [4.69, 9.17) is 10.3 Å². The third-order valence-electron chi connectivity index (χ3n) is 3.14. The monoisotopic (exact) mass is 259 g/mol. The molecule has 0 bridgehead atoms. The maximum Gasteiger partial charge on any atom is 0.243 e. The Labute approximate surface area is 114 Å². The Hall–Kier alpha value is -1.68. The second-order valence-corrected chi connectivity index (χ2v) is 5.39. The predicted octanol–water partition coefficient (Wildman–Crippen LogP) is 3.01. The third-order valence-corrected chi connectivity index (χ3v) is 3.14. The zero-order valence-corrected chi connectivity index (χ0v) is 11.8. The van der Waals surface area contributed by atoms with E-state index in [-0.39, 0.29) is 6.04 Å². The summed E-state index contributed by atoms with van der Waals surface area (Å²) in [6.07, 6.45) is 1.54. The Morgan fingerprint density at radius 1 is 1.26 bits per heavy atom. The van der Waals surface area contributed by atoms with Crippen molar-refractivity contribution in [1.82, 2.24) is 10.1 Å². The minimum atomic E-state index is -0.168. The van der Waals surface area contributed by atoms with Crippen molar-refractivity contribution in [2.45, 2.75) is 39.7 Å². The van der Waals surface area contributed by atoms with Crippen LogP contribution in [0.15, 0.2) is 28.8 Å². The van der Waals surface area contributed by atoms with Crippen LogP contribution >= 0.6 is 0 Å². The summed E-state index contributed by atoms with van der Waals surface area (Å²) >= 11 is 0. The van der Waals surface area contributed by atoms with E-state index in [1.54, 1.807) is 0 Å². The molecule has 0 radical (unpaired) electrons. The normalized spacial score (nSPS) is 12.9. The third kappa shape index (κ3) is 3.64. The van der Waals surface area contributed by atoms with Gasteiger partial charge in [0, 0.05) is 6.42 Å². The molecule has 4 heteroatoms. The Bertz CT molecular complexity index is 534. The van der Waals surface area contributed by atoms with Gasteiger partial charge < -0.3 is 10.3 Å². The summed E-state index contributed by atoms with van der Waals surface area (Å²) in [5.74, 6) is 1.75. The molecule has 0 fully saturated rings.